The maximum Gasteiger partial charge on any atom is 0.276 e. The van der Waals surface area contributed by atoms with Crippen LogP contribution in [0.1, 0.15) is 41.0 Å². The number of hydrogen-bond donors (Lipinski definition) is 0. The number of fused-ring (bicyclic) bond motifs is 1. The van der Waals surface area contributed by atoms with E-state index in [4.69, 9.17) is 9.15 Å². The van der Waals surface area contributed by atoms with Crippen LogP contribution in [0.3, 0.4) is 0 Å². The fourth-order valence-corrected chi connectivity index (χ4v) is 3.80. The van der Waals surface area contributed by atoms with Crippen LogP contribution in [-0.2, 0) is 6.61 Å². The van der Waals surface area contributed by atoms with Crippen molar-refractivity contribution in [2.75, 3.05) is 6.54 Å². The van der Waals surface area contributed by atoms with Crippen LogP contribution in [0.4, 0.5) is 0 Å². The van der Waals surface area contributed by atoms with Crippen molar-refractivity contribution < 1.29 is 13.9 Å². The van der Waals surface area contributed by atoms with Gasteiger partial charge in [-0.25, -0.2) is 4.98 Å². The molecule has 5 rings (SSSR count). The number of likely N-dealkylation sites (tertiary alicyclic amines) is 1. The van der Waals surface area contributed by atoms with E-state index >= 15 is 0 Å². The van der Waals surface area contributed by atoms with Crippen molar-refractivity contribution in [1.82, 2.24) is 19.9 Å². The molecule has 0 saturated carbocycles. The highest BCUT2D eigenvalue weighted by atomic mass is 16.5. The number of aromatic nitrogens is 3. The monoisotopic (exact) mass is 400 g/mol. The Morgan fingerprint density at radius 1 is 1.13 bits per heavy atom. The smallest absolute Gasteiger partial charge is 0.276 e. The summed E-state index contributed by atoms with van der Waals surface area (Å²) in [5.41, 5.74) is 2.10. The van der Waals surface area contributed by atoms with Gasteiger partial charge in [0.25, 0.3) is 5.91 Å². The van der Waals surface area contributed by atoms with E-state index in [1.54, 1.807) is 12.4 Å². The topological polar surface area (TPSA) is 81.3 Å². The normalized spacial score (nSPS) is 16.1. The standard InChI is InChI=1S/C23H20N4O3/c28-23(27-12-4-7-21(27)19-6-1-2-10-25-19)20-14-30-22(26-20)15-29-17-8-9-18-16(13-17)5-3-11-24-18/h1-3,5-6,8-11,13-14,21H,4,7,12,15H2/t21-/m0/s1. The van der Waals surface area contributed by atoms with E-state index in [1.165, 1.54) is 6.26 Å². The fourth-order valence-electron chi connectivity index (χ4n) is 3.80. The van der Waals surface area contributed by atoms with Gasteiger partial charge >= 0.3 is 0 Å². The molecule has 1 atom stereocenters. The quantitative estimate of drug-likeness (QED) is 0.500. The maximum absolute atomic E-state index is 13.0. The first-order valence-corrected chi connectivity index (χ1v) is 9.92. The highest BCUT2D eigenvalue weighted by molar-refractivity contribution is 5.92. The highest BCUT2D eigenvalue weighted by Gasteiger charge is 2.32. The minimum absolute atomic E-state index is 0.0266. The first kappa shape index (κ1) is 18.3. The van der Waals surface area contributed by atoms with Crippen LogP contribution >= 0.6 is 0 Å². The second-order valence-electron chi connectivity index (χ2n) is 7.18. The fraction of sp³-hybridized carbons (Fsp3) is 0.217. The van der Waals surface area contributed by atoms with Crippen LogP contribution in [0.5, 0.6) is 5.75 Å². The van der Waals surface area contributed by atoms with Crippen LogP contribution in [-0.4, -0.2) is 32.3 Å². The average Bonchev–Trinajstić information content (AvgIpc) is 3.48. The molecule has 4 aromatic rings. The molecular formula is C23H20N4O3. The molecule has 1 fully saturated rings. The zero-order valence-corrected chi connectivity index (χ0v) is 16.3. The Morgan fingerprint density at radius 3 is 2.97 bits per heavy atom. The Labute approximate surface area is 173 Å². The lowest BCUT2D eigenvalue weighted by molar-refractivity contribution is 0.0727. The molecule has 0 spiro atoms. The van der Waals surface area contributed by atoms with Gasteiger partial charge in [0, 0.05) is 24.3 Å². The number of amides is 1. The summed E-state index contributed by atoms with van der Waals surface area (Å²) in [4.78, 5) is 27.9. The summed E-state index contributed by atoms with van der Waals surface area (Å²) in [5.74, 6) is 0.907. The lowest BCUT2D eigenvalue weighted by Gasteiger charge is -2.23. The van der Waals surface area contributed by atoms with E-state index in [0.29, 0.717) is 23.9 Å². The summed E-state index contributed by atoms with van der Waals surface area (Å²) < 4.78 is 11.3. The zero-order valence-electron chi connectivity index (χ0n) is 16.3. The number of carbonyl (C=O) groups excluding carboxylic acids is 1. The van der Waals surface area contributed by atoms with Gasteiger partial charge in [0.05, 0.1) is 17.3 Å². The van der Waals surface area contributed by atoms with Crippen LogP contribution in [0.25, 0.3) is 10.9 Å². The van der Waals surface area contributed by atoms with Gasteiger partial charge in [-0.2, -0.15) is 0 Å². The molecule has 1 amide bonds. The lowest BCUT2D eigenvalue weighted by atomic mass is 10.1. The number of ether oxygens (including phenoxy) is 1. The van der Waals surface area contributed by atoms with Crippen molar-refractivity contribution in [1.29, 1.82) is 0 Å². The third kappa shape index (κ3) is 3.61. The zero-order chi connectivity index (χ0) is 20.3. The average molecular weight is 400 g/mol. The molecule has 0 N–H and O–H groups in total. The van der Waals surface area contributed by atoms with E-state index < -0.39 is 0 Å². The molecule has 7 nitrogen and oxygen atoms in total. The van der Waals surface area contributed by atoms with Gasteiger partial charge in [-0.15, -0.1) is 0 Å². The van der Waals surface area contributed by atoms with E-state index in [2.05, 4.69) is 15.0 Å². The van der Waals surface area contributed by atoms with Crippen molar-refractivity contribution in [3.8, 4) is 5.75 Å². The van der Waals surface area contributed by atoms with Crippen LogP contribution in [0.2, 0.25) is 0 Å². The van der Waals surface area contributed by atoms with Crippen molar-refractivity contribution >= 4 is 16.8 Å². The molecule has 7 heteroatoms. The summed E-state index contributed by atoms with van der Waals surface area (Å²) in [6.07, 6.45) is 6.75. The Bertz CT molecular complexity index is 1180. The molecule has 1 aromatic carbocycles. The van der Waals surface area contributed by atoms with Crippen molar-refractivity contribution in [2.24, 2.45) is 0 Å². The summed E-state index contributed by atoms with van der Waals surface area (Å²) in [6.45, 7) is 0.826. The predicted octanol–water partition coefficient (Wildman–Crippen LogP) is 4.17. The maximum atomic E-state index is 13.0. The lowest BCUT2D eigenvalue weighted by Crippen LogP contribution is -2.31. The molecule has 0 bridgehead atoms. The van der Waals surface area contributed by atoms with Gasteiger partial charge in [-0.3, -0.25) is 14.8 Å². The van der Waals surface area contributed by atoms with Crippen LogP contribution < -0.4 is 4.74 Å². The second-order valence-corrected chi connectivity index (χ2v) is 7.18. The predicted molar refractivity (Wildman–Crippen MR) is 110 cm³/mol. The molecule has 1 saturated heterocycles. The molecule has 150 valence electrons. The molecule has 1 aliphatic rings. The van der Waals surface area contributed by atoms with E-state index in [0.717, 1.165) is 29.4 Å². The Hall–Kier alpha value is -3.74. The number of hydrogen-bond acceptors (Lipinski definition) is 6. The van der Waals surface area contributed by atoms with Gasteiger partial charge in [-0.1, -0.05) is 12.1 Å². The summed E-state index contributed by atoms with van der Waals surface area (Å²) >= 11 is 0. The summed E-state index contributed by atoms with van der Waals surface area (Å²) in [5, 5.41) is 0.993. The Kier molecular flexibility index (Phi) is 4.85. The molecule has 30 heavy (non-hydrogen) atoms. The van der Waals surface area contributed by atoms with Gasteiger partial charge < -0.3 is 14.1 Å². The number of rotatable bonds is 5. The van der Waals surface area contributed by atoms with Gasteiger partial charge in [0.1, 0.15) is 12.0 Å². The van der Waals surface area contributed by atoms with Gasteiger partial charge in [-0.05, 0) is 49.2 Å². The van der Waals surface area contributed by atoms with E-state index in [9.17, 15) is 4.79 Å². The SMILES string of the molecule is O=C(c1coc(COc2ccc3ncccc3c2)n1)N1CCC[C@H]1c1ccccn1. The first-order chi connectivity index (χ1) is 14.8. The minimum atomic E-state index is -0.144. The van der Waals surface area contributed by atoms with Gasteiger partial charge in [0.2, 0.25) is 5.89 Å². The minimum Gasteiger partial charge on any atom is -0.484 e. The molecular weight excluding hydrogens is 380 g/mol. The number of carbonyl (C=O) groups is 1. The number of nitrogens with zero attached hydrogens (tertiary/aromatic N) is 4. The molecule has 0 unspecified atom stereocenters. The van der Waals surface area contributed by atoms with Crippen molar-refractivity contribution in [3.05, 3.63) is 84.5 Å². The van der Waals surface area contributed by atoms with E-state index in [1.807, 2.05) is 53.4 Å². The third-order valence-electron chi connectivity index (χ3n) is 5.25. The summed E-state index contributed by atoms with van der Waals surface area (Å²) in [6, 6.07) is 15.3. The van der Waals surface area contributed by atoms with Gasteiger partial charge in [0.15, 0.2) is 12.3 Å². The van der Waals surface area contributed by atoms with Crippen LogP contribution in [0.15, 0.2) is 71.6 Å². The number of pyridine rings is 2. The summed E-state index contributed by atoms with van der Waals surface area (Å²) in [7, 11) is 0. The number of oxazole rings is 1. The Balaban J connectivity index is 1.27. The Morgan fingerprint density at radius 2 is 2.07 bits per heavy atom. The molecule has 4 heterocycles. The molecule has 0 aliphatic carbocycles. The molecule has 0 radical (unpaired) electrons. The van der Waals surface area contributed by atoms with Crippen molar-refractivity contribution in [2.45, 2.75) is 25.5 Å². The third-order valence-corrected chi connectivity index (χ3v) is 5.25. The second kappa shape index (κ2) is 7.94. The van der Waals surface area contributed by atoms with E-state index in [-0.39, 0.29) is 18.6 Å². The molecule has 1 aliphatic heterocycles. The first-order valence-electron chi connectivity index (χ1n) is 9.92. The number of benzene rings is 1. The largest absolute Gasteiger partial charge is 0.484 e. The van der Waals surface area contributed by atoms with Crippen LogP contribution in [0, 0.1) is 0 Å². The van der Waals surface area contributed by atoms with Crippen molar-refractivity contribution in [3.63, 3.8) is 0 Å². The highest BCUT2D eigenvalue weighted by Crippen LogP contribution is 2.31. The molecule has 3 aromatic heterocycles.